The average molecular weight is 403 g/mol. The quantitative estimate of drug-likeness (QED) is 0.545. The van der Waals surface area contributed by atoms with Crippen LogP contribution in [0.15, 0.2) is 58.1 Å². The van der Waals surface area contributed by atoms with E-state index in [2.05, 4.69) is 31.8 Å². The molecule has 0 saturated heterocycles. The molecular weight excluding hydrogens is 380 g/mol. The van der Waals surface area contributed by atoms with Crippen molar-refractivity contribution in [3.63, 3.8) is 0 Å². The van der Waals surface area contributed by atoms with Gasteiger partial charge in [0.05, 0.1) is 6.21 Å². The van der Waals surface area contributed by atoms with Crippen LogP contribution in [0.3, 0.4) is 0 Å². The number of carbonyl (C=O) groups excluding carboxylic acids is 1. The number of hydrazone groups is 1. The minimum absolute atomic E-state index is 0.161. The van der Waals surface area contributed by atoms with Crippen LogP contribution in [0.5, 0.6) is 0 Å². The molecule has 1 amide bonds. The third-order valence-electron chi connectivity index (χ3n) is 3.71. The molecule has 2 aromatic carbocycles. The molecule has 132 valence electrons. The molecule has 0 spiro atoms. The summed E-state index contributed by atoms with van der Waals surface area (Å²) in [6.45, 7) is 1.96. The van der Waals surface area contributed by atoms with E-state index in [-0.39, 0.29) is 11.9 Å². The molecule has 6 heteroatoms. The zero-order valence-corrected chi connectivity index (χ0v) is 16.2. The van der Waals surface area contributed by atoms with Gasteiger partial charge in [-0.15, -0.1) is 0 Å². The Labute approximate surface area is 157 Å². The summed E-state index contributed by atoms with van der Waals surface area (Å²) >= 11 is 3.40. The van der Waals surface area contributed by atoms with Crippen molar-refractivity contribution in [3.8, 4) is 0 Å². The predicted octanol–water partition coefficient (Wildman–Crippen LogP) is 3.86. The highest BCUT2D eigenvalue weighted by Gasteiger charge is 2.15. The standard InChI is InChI=1S/C19H23BrN4O/c1-4-18(22-16-9-7-15(20)8-10-16)19(25)23-21-13-14-5-11-17(12-6-14)24(2)3/h5-13,18,22H,4H2,1-3H3,(H,23,25)/b21-13+. The molecule has 0 aliphatic heterocycles. The zero-order chi connectivity index (χ0) is 18.2. The van der Waals surface area contributed by atoms with Gasteiger partial charge in [0.2, 0.25) is 0 Å². The van der Waals surface area contributed by atoms with Crippen molar-refractivity contribution in [2.75, 3.05) is 24.3 Å². The van der Waals surface area contributed by atoms with Crippen LogP contribution in [0, 0.1) is 0 Å². The number of amides is 1. The Morgan fingerprint density at radius 2 is 1.80 bits per heavy atom. The first kappa shape index (κ1) is 19.0. The van der Waals surface area contributed by atoms with Crippen molar-refractivity contribution in [2.24, 2.45) is 5.10 Å². The molecule has 0 saturated carbocycles. The van der Waals surface area contributed by atoms with Gasteiger partial charge in [-0.2, -0.15) is 5.10 Å². The highest BCUT2D eigenvalue weighted by molar-refractivity contribution is 9.10. The molecule has 2 N–H and O–H groups in total. The normalized spacial score (nSPS) is 12.0. The van der Waals surface area contributed by atoms with Crippen LogP contribution in [0.25, 0.3) is 0 Å². The van der Waals surface area contributed by atoms with Gasteiger partial charge in [-0.25, -0.2) is 5.43 Å². The van der Waals surface area contributed by atoms with Crippen LogP contribution < -0.4 is 15.6 Å². The van der Waals surface area contributed by atoms with Gasteiger partial charge in [-0.1, -0.05) is 35.0 Å². The number of nitrogens with zero attached hydrogens (tertiary/aromatic N) is 2. The van der Waals surface area contributed by atoms with Gasteiger partial charge in [0, 0.05) is 29.9 Å². The number of benzene rings is 2. The van der Waals surface area contributed by atoms with Crippen LogP contribution in [-0.2, 0) is 4.79 Å². The van der Waals surface area contributed by atoms with Crippen LogP contribution in [0.2, 0.25) is 0 Å². The van der Waals surface area contributed by atoms with Gasteiger partial charge in [-0.3, -0.25) is 4.79 Å². The first-order valence-electron chi connectivity index (χ1n) is 8.12. The molecule has 0 aliphatic carbocycles. The molecule has 0 bridgehead atoms. The number of hydrogen-bond acceptors (Lipinski definition) is 4. The zero-order valence-electron chi connectivity index (χ0n) is 14.7. The third kappa shape index (κ3) is 5.90. The van der Waals surface area contributed by atoms with E-state index in [0.29, 0.717) is 6.42 Å². The van der Waals surface area contributed by atoms with Crippen LogP contribution in [0.4, 0.5) is 11.4 Å². The molecule has 0 heterocycles. The highest BCUT2D eigenvalue weighted by atomic mass is 79.9. The smallest absolute Gasteiger partial charge is 0.262 e. The molecule has 0 fully saturated rings. The van der Waals surface area contributed by atoms with Gasteiger partial charge in [0.1, 0.15) is 6.04 Å². The second-order valence-electron chi connectivity index (χ2n) is 5.83. The molecular formula is C19H23BrN4O. The Morgan fingerprint density at radius 3 is 2.36 bits per heavy atom. The van der Waals surface area contributed by atoms with Crippen molar-refractivity contribution >= 4 is 39.4 Å². The van der Waals surface area contributed by atoms with Crippen LogP contribution in [-0.4, -0.2) is 32.3 Å². The number of rotatable bonds is 7. The summed E-state index contributed by atoms with van der Waals surface area (Å²) in [4.78, 5) is 14.3. The molecule has 1 unspecified atom stereocenters. The molecule has 5 nitrogen and oxygen atoms in total. The maximum Gasteiger partial charge on any atom is 0.262 e. The maximum atomic E-state index is 12.3. The van der Waals surface area contributed by atoms with Gasteiger partial charge < -0.3 is 10.2 Å². The summed E-state index contributed by atoms with van der Waals surface area (Å²) in [5.41, 5.74) is 5.54. The second kappa shape index (κ2) is 9.22. The lowest BCUT2D eigenvalue weighted by molar-refractivity contribution is -0.121. The topological polar surface area (TPSA) is 56.7 Å². The fourth-order valence-corrected chi connectivity index (χ4v) is 2.47. The summed E-state index contributed by atoms with van der Waals surface area (Å²) in [6, 6.07) is 15.3. The Morgan fingerprint density at radius 1 is 1.16 bits per heavy atom. The predicted molar refractivity (Wildman–Crippen MR) is 108 cm³/mol. The summed E-state index contributed by atoms with van der Waals surface area (Å²) in [5.74, 6) is -0.161. The van der Waals surface area contributed by atoms with Gasteiger partial charge in [-0.05, 0) is 48.4 Å². The summed E-state index contributed by atoms with van der Waals surface area (Å²) in [7, 11) is 3.99. The minimum atomic E-state index is -0.338. The molecule has 0 radical (unpaired) electrons. The van der Waals surface area contributed by atoms with E-state index in [4.69, 9.17) is 0 Å². The monoisotopic (exact) mass is 402 g/mol. The molecule has 2 aromatic rings. The number of hydrogen-bond donors (Lipinski definition) is 2. The second-order valence-corrected chi connectivity index (χ2v) is 6.75. The minimum Gasteiger partial charge on any atom is -0.378 e. The first-order valence-corrected chi connectivity index (χ1v) is 8.91. The molecule has 0 aromatic heterocycles. The van der Waals surface area contributed by atoms with Gasteiger partial charge in [0.15, 0.2) is 0 Å². The Balaban J connectivity index is 1.91. The fraction of sp³-hybridized carbons (Fsp3) is 0.263. The van der Waals surface area contributed by atoms with E-state index in [1.165, 1.54) is 0 Å². The van der Waals surface area contributed by atoms with Crippen LogP contribution >= 0.6 is 15.9 Å². The lowest BCUT2D eigenvalue weighted by Crippen LogP contribution is -2.36. The fourth-order valence-electron chi connectivity index (χ4n) is 2.21. The van der Waals surface area contributed by atoms with E-state index in [1.807, 2.05) is 74.4 Å². The molecule has 25 heavy (non-hydrogen) atoms. The van der Waals surface area contributed by atoms with Crippen molar-refractivity contribution in [3.05, 3.63) is 58.6 Å². The van der Waals surface area contributed by atoms with E-state index >= 15 is 0 Å². The number of carbonyl (C=O) groups is 1. The molecule has 0 aliphatic rings. The number of nitrogens with one attached hydrogen (secondary N) is 2. The Bertz CT molecular complexity index is 711. The van der Waals surface area contributed by atoms with Crippen molar-refractivity contribution in [1.82, 2.24) is 5.43 Å². The molecule has 1 atom stereocenters. The highest BCUT2D eigenvalue weighted by Crippen LogP contribution is 2.15. The lowest BCUT2D eigenvalue weighted by atomic mass is 10.2. The lowest BCUT2D eigenvalue weighted by Gasteiger charge is -2.16. The number of halogens is 1. The van der Waals surface area contributed by atoms with E-state index in [1.54, 1.807) is 6.21 Å². The SMILES string of the molecule is CCC(Nc1ccc(Br)cc1)C(=O)N/N=C/c1ccc(N(C)C)cc1. The summed E-state index contributed by atoms with van der Waals surface area (Å²) in [5, 5.41) is 7.27. The van der Waals surface area contributed by atoms with Crippen molar-refractivity contribution < 1.29 is 4.79 Å². The Hall–Kier alpha value is -2.34. The van der Waals surface area contributed by atoms with Crippen LogP contribution in [0.1, 0.15) is 18.9 Å². The number of anilines is 2. The third-order valence-corrected chi connectivity index (χ3v) is 4.24. The first-order chi connectivity index (χ1) is 12.0. The van der Waals surface area contributed by atoms with Gasteiger partial charge in [0.25, 0.3) is 5.91 Å². The maximum absolute atomic E-state index is 12.3. The summed E-state index contributed by atoms with van der Waals surface area (Å²) < 4.78 is 1.00. The van der Waals surface area contributed by atoms with Crippen molar-refractivity contribution in [2.45, 2.75) is 19.4 Å². The molecule has 2 rings (SSSR count). The Kier molecular flexibility index (Phi) is 7.01. The van der Waals surface area contributed by atoms with E-state index in [0.717, 1.165) is 21.4 Å². The van der Waals surface area contributed by atoms with E-state index in [9.17, 15) is 4.79 Å². The van der Waals surface area contributed by atoms with Crippen molar-refractivity contribution in [1.29, 1.82) is 0 Å². The average Bonchev–Trinajstić information content (AvgIpc) is 2.61. The van der Waals surface area contributed by atoms with Gasteiger partial charge >= 0.3 is 0 Å². The largest absolute Gasteiger partial charge is 0.378 e. The summed E-state index contributed by atoms with van der Waals surface area (Å²) in [6.07, 6.45) is 2.30. The van der Waals surface area contributed by atoms with E-state index < -0.39 is 0 Å².